The molecule has 2 aromatic carbocycles. The zero-order valence-corrected chi connectivity index (χ0v) is 10.8. The highest BCUT2D eigenvalue weighted by atomic mass is 15.1. The zero-order valence-electron chi connectivity index (χ0n) is 10.8. The van der Waals surface area contributed by atoms with Crippen molar-refractivity contribution < 1.29 is 0 Å². The van der Waals surface area contributed by atoms with Gasteiger partial charge in [0.1, 0.15) is 0 Å². The van der Waals surface area contributed by atoms with Crippen molar-refractivity contribution in [1.82, 2.24) is 10.2 Å². The summed E-state index contributed by atoms with van der Waals surface area (Å²) in [5.74, 6) is 0. The summed E-state index contributed by atoms with van der Waals surface area (Å²) in [6, 6.07) is 13.0. The van der Waals surface area contributed by atoms with Crippen LogP contribution < -0.4 is 5.32 Å². The Bertz CT molecular complexity index is 771. The van der Waals surface area contributed by atoms with Gasteiger partial charge in [0.05, 0.1) is 11.2 Å². The van der Waals surface area contributed by atoms with Gasteiger partial charge in [-0.3, -0.25) is 5.10 Å². The lowest BCUT2D eigenvalue weighted by atomic mass is 10.0. The van der Waals surface area contributed by atoms with Gasteiger partial charge in [-0.25, -0.2) is 0 Å². The molecule has 0 saturated carbocycles. The van der Waals surface area contributed by atoms with Crippen molar-refractivity contribution in [3.63, 3.8) is 0 Å². The Morgan fingerprint density at radius 3 is 3.00 bits per heavy atom. The number of fused-ring (bicyclic) bond motifs is 2. The molecule has 3 aromatic rings. The van der Waals surface area contributed by atoms with Crippen LogP contribution in [-0.4, -0.2) is 16.7 Å². The van der Waals surface area contributed by atoms with Gasteiger partial charge in [-0.05, 0) is 36.6 Å². The number of H-pyrrole nitrogens is 1. The van der Waals surface area contributed by atoms with Crippen LogP contribution in [0.4, 0.5) is 5.69 Å². The van der Waals surface area contributed by atoms with Crippen molar-refractivity contribution in [1.29, 1.82) is 0 Å². The smallest absolute Gasteiger partial charge is 0.1000 e. The first-order valence-electron chi connectivity index (χ1n) is 6.63. The molecule has 0 fully saturated rings. The molecule has 1 aliphatic rings. The van der Waals surface area contributed by atoms with E-state index in [9.17, 15) is 0 Å². The number of hydrogen-bond donors (Lipinski definition) is 2. The lowest BCUT2D eigenvalue weighted by Crippen LogP contribution is -1.91. The van der Waals surface area contributed by atoms with E-state index in [-0.39, 0.29) is 0 Å². The summed E-state index contributed by atoms with van der Waals surface area (Å²) in [5, 5.41) is 12.2. The third-order valence-electron chi connectivity index (χ3n) is 3.81. The molecule has 0 saturated heterocycles. The van der Waals surface area contributed by atoms with Crippen LogP contribution >= 0.6 is 0 Å². The summed E-state index contributed by atoms with van der Waals surface area (Å²) >= 11 is 0. The second-order valence-electron chi connectivity index (χ2n) is 5.17. The minimum atomic E-state index is 1.03. The third kappa shape index (κ3) is 1.62. The molecule has 3 heteroatoms. The van der Waals surface area contributed by atoms with Crippen LogP contribution in [0.2, 0.25) is 0 Å². The summed E-state index contributed by atoms with van der Waals surface area (Å²) in [6.07, 6.45) is 1.12. The fourth-order valence-corrected chi connectivity index (χ4v) is 2.79. The second-order valence-corrected chi connectivity index (χ2v) is 5.17. The molecule has 0 spiro atoms. The molecule has 94 valence electrons. The van der Waals surface area contributed by atoms with Crippen LogP contribution in [-0.2, 0) is 6.42 Å². The number of hydrogen-bond acceptors (Lipinski definition) is 2. The molecule has 0 atom stereocenters. The fourth-order valence-electron chi connectivity index (χ4n) is 2.79. The molecule has 3 nitrogen and oxygen atoms in total. The molecule has 19 heavy (non-hydrogen) atoms. The number of nitrogens with one attached hydrogen (secondary N) is 2. The standard InChI is InChI=1S/C16H15N3/c1-10-2-5-13-15(8-10)18-19-16(13)12-4-3-11-6-7-17-14(11)9-12/h2-5,8-9,17H,6-7H2,1H3,(H,18,19). The Balaban J connectivity index is 1.90. The van der Waals surface area contributed by atoms with Crippen molar-refractivity contribution >= 4 is 16.6 Å². The van der Waals surface area contributed by atoms with Crippen LogP contribution in [0.15, 0.2) is 36.4 Å². The van der Waals surface area contributed by atoms with Gasteiger partial charge in [0.15, 0.2) is 0 Å². The molecule has 2 heterocycles. The van der Waals surface area contributed by atoms with Crippen LogP contribution in [0.5, 0.6) is 0 Å². The maximum Gasteiger partial charge on any atom is 0.1000 e. The van der Waals surface area contributed by atoms with E-state index < -0.39 is 0 Å². The van der Waals surface area contributed by atoms with E-state index in [4.69, 9.17) is 0 Å². The molecular weight excluding hydrogens is 234 g/mol. The second kappa shape index (κ2) is 3.85. The van der Waals surface area contributed by atoms with E-state index in [1.165, 1.54) is 27.8 Å². The SMILES string of the molecule is Cc1ccc2c(-c3ccc4c(c3)NCC4)n[nH]c2c1. The van der Waals surface area contributed by atoms with Crippen molar-refractivity contribution in [2.24, 2.45) is 0 Å². The zero-order chi connectivity index (χ0) is 12.8. The van der Waals surface area contributed by atoms with E-state index >= 15 is 0 Å². The van der Waals surface area contributed by atoms with Crippen LogP contribution in [0, 0.1) is 6.92 Å². The van der Waals surface area contributed by atoms with E-state index in [0.29, 0.717) is 0 Å². The van der Waals surface area contributed by atoms with Gasteiger partial charge in [0.25, 0.3) is 0 Å². The quantitative estimate of drug-likeness (QED) is 0.693. The van der Waals surface area contributed by atoms with Gasteiger partial charge < -0.3 is 5.32 Å². The summed E-state index contributed by atoms with van der Waals surface area (Å²) in [5.41, 5.74) is 7.21. The normalized spacial score (nSPS) is 13.5. The summed E-state index contributed by atoms with van der Waals surface area (Å²) in [7, 11) is 0. The maximum atomic E-state index is 4.48. The van der Waals surface area contributed by atoms with Crippen molar-refractivity contribution in [2.75, 3.05) is 11.9 Å². The highest BCUT2D eigenvalue weighted by Crippen LogP contribution is 2.31. The third-order valence-corrected chi connectivity index (χ3v) is 3.81. The van der Waals surface area contributed by atoms with Crippen LogP contribution in [0.1, 0.15) is 11.1 Å². The number of anilines is 1. The van der Waals surface area contributed by atoms with Gasteiger partial charge in [0, 0.05) is 23.2 Å². The van der Waals surface area contributed by atoms with Gasteiger partial charge in [-0.15, -0.1) is 0 Å². The van der Waals surface area contributed by atoms with E-state index in [1.807, 2.05) is 0 Å². The first-order chi connectivity index (χ1) is 9.31. The van der Waals surface area contributed by atoms with Gasteiger partial charge in [-0.1, -0.05) is 24.3 Å². The lowest BCUT2D eigenvalue weighted by molar-refractivity contribution is 1.11. The Morgan fingerprint density at radius 2 is 2.05 bits per heavy atom. The monoisotopic (exact) mass is 249 g/mol. The number of benzene rings is 2. The lowest BCUT2D eigenvalue weighted by Gasteiger charge is -2.03. The van der Waals surface area contributed by atoms with Crippen molar-refractivity contribution in [3.8, 4) is 11.3 Å². The molecule has 0 unspecified atom stereocenters. The Kier molecular flexibility index (Phi) is 2.15. The molecule has 0 aliphatic carbocycles. The largest absolute Gasteiger partial charge is 0.384 e. The number of rotatable bonds is 1. The highest BCUT2D eigenvalue weighted by molar-refractivity contribution is 5.93. The average molecular weight is 249 g/mol. The molecule has 2 N–H and O–H groups in total. The predicted molar refractivity (Wildman–Crippen MR) is 78.5 cm³/mol. The number of aromatic amines is 1. The van der Waals surface area contributed by atoms with Gasteiger partial charge in [-0.2, -0.15) is 5.10 Å². The van der Waals surface area contributed by atoms with Gasteiger partial charge >= 0.3 is 0 Å². The summed E-state index contributed by atoms with van der Waals surface area (Å²) in [4.78, 5) is 0. The minimum Gasteiger partial charge on any atom is -0.384 e. The first kappa shape index (κ1) is 10.6. The maximum absolute atomic E-state index is 4.48. The van der Waals surface area contributed by atoms with Crippen molar-refractivity contribution in [3.05, 3.63) is 47.5 Å². The predicted octanol–water partition coefficient (Wildman–Crippen LogP) is 3.51. The van der Waals surface area contributed by atoms with Crippen molar-refractivity contribution in [2.45, 2.75) is 13.3 Å². The van der Waals surface area contributed by atoms with E-state index in [2.05, 4.69) is 58.8 Å². The molecule has 0 amide bonds. The van der Waals surface area contributed by atoms with Gasteiger partial charge in [0.2, 0.25) is 0 Å². The molecular formula is C16H15N3. The highest BCUT2D eigenvalue weighted by Gasteiger charge is 2.13. The molecule has 1 aromatic heterocycles. The minimum absolute atomic E-state index is 1.03. The van der Waals surface area contributed by atoms with E-state index in [1.54, 1.807) is 0 Å². The molecule has 0 radical (unpaired) electrons. The summed E-state index contributed by atoms with van der Waals surface area (Å²) in [6.45, 7) is 3.14. The van der Waals surface area contributed by atoms with Crippen LogP contribution in [0.25, 0.3) is 22.2 Å². The first-order valence-corrected chi connectivity index (χ1v) is 6.63. The molecule has 0 bridgehead atoms. The Hall–Kier alpha value is -2.29. The average Bonchev–Trinajstić information content (AvgIpc) is 3.02. The summed E-state index contributed by atoms with van der Waals surface area (Å²) < 4.78 is 0. The molecule has 1 aliphatic heterocycles. The number of aromatic nitrogens is 2. The van der Waals surface area contributed by atoms with Crippen LogP contribution in [0.3, 0.4) is 0 Å². The topological polar surface area (TPSA) is 40.7 Å². The Morgan fingerprint density at radius 1 is 1.11 bits per heavy atom. The Labute approximate surface area is 111 Å². The molecule has 4 rings (SSSR count). The number of nitrogens with zero attached hydrogens (tertiary/aromatic N) is 1. The fraction of sp³-hybridized carbons (Fsp3) is 0.188. The van der Waals surface area contributed by atoms with E-state index in [0.717, 1.165) is 24.2 Å². The number of aryl methyl sites for hydroxylation is 1.